The van der Waals surface area contributed by atoms with Crippen LogP contribution in [0.15, 0.2) is 0 Å². The summed E-state index contributed by atoms with van der Waals surface area (Å²) < 4.78 is 6.22. The summed E-state index contributed by atoms with van der Waals surface area (Å²) in [5, 5.41) is 33.2. The van der Waals surface area contributed by atoms with Gasteiger partial charge in [-0.3, -0.25) is 20.1 Å². The fourth-order valence-electron chi connectivity index (χ4n) is 9.34. The summed E-state index contributed by atoms with van der Waals surface area (Å²) in [5.41, 5.74) is 18.2. The zero-order valence-corrected chi connectivity index (χ0v) is 40.3. The van der Waals surface area contributed by atoms with E-state index in [1.54, 1.807) is 0 Å². The Kier molecular flexibility index (Phi) is 31.2. The van der Waals surface area contributed by atoms with Crippen LogP contribution in [0, 0.1) is 17.8 Å². The van der Waals surface area contributed by atoms with E-state index >= 15 is 0 Å². The maximum Gasteiger partial charge on any atom is 0.225 e. The van der Waals surface area contributed by atoms with Crippen LogP contribution in [0.4, 0.5) is 0 Å². The van der Waals surface area contributed by atoms with Gasteiger partial charge in [0.25, 0.3) is 0 Å². The molecular weight excluding hydrogens is 769 g/mol. The largest absolute Gasteiger partial charge is 0.394 e. The van der Waals surface area contributed by atoms with Crippen LogP contribution >= 0.6 is 0 Å². The summed E-state index contributed by atoms with van der Waals surface area (Å²) in [6, 6.07) is -1.06. The Morgan fingerprint density at radius 3 is 1.41 bits per heavy atom. The highest BCUT2D eigenvalue weighted by atomic mass is 16.6. The van der Waals surface area contributed by atoms with Crippen LogP contribution in [0.25, 0.3) is 0 Å². The standard InChI is InChI=1S/C50H98N4O7/c1-7-9-11-13-15-17-19-21-22-23-24-26-28-30-32-34-43(56)54(35-33-31-29-27-25-20-18-16-14-12-10-8-2)50(53)44(46(58)45(57)42(38-55)61-50)48(60)49(52,37-40(5)6)47(59)41(51)36-39(3)4/h39-42,44-46,55,57-58H,7-38,51-53H2,1-6H3/t41-,42+,44-,45+,46+,49+,50-/m0/s1. The molecule has 11 nitrogen and oxygen atoms in total. The van der Waals surface area contributed by atoms with Gasteiger partial charge in [-0.2, -0.15) is 0 Å². The molecule has 1 rings (SSSR count). The average Bonchev–Trinajstić information content (AvgIpc) is 3.21. The molecule has 9 N–H and O–H groups in total. The maximum atomic E-state index is 14.9. The van der Waals surface area contributed by atoms with Crippen molar-refractivity contribution < 1.29 is 34.4 Å². The van der Waals surface area contributed by atoms with E-state index in [1.165, 1.54) is 120 Å². The fourth-order valence-corrected chi connectivity index (χ4v) is 9.34. The molecule has 0 aliphatic carbocycles. The van der Waals surface area contributed by atoms with E-state index in [0.29, 0.717) is 19.3 Å². The van der Waals surface area contributed by atoms with Gasteiger partial charge in [-0.15, -0.1) is 0 Å². The van der Waals surface area contributed by atoms with Gasteiger partial charge in [-0.05, 0) is 37.5 Å². The molecular formula is C50H98N4O7. The molecule has 61 heavy (non-hydrogen) atoms. The van der Waals surface area contributed by atoms with Crippen LogP contribution in [0.2, 0.25) is 0 Å². The monoisotopic (exact) mass is 867 g/mol. The molecule has 0 spiro atoms. The molecule has 11 heteroatoms. The predicted molar refractivity (Wildman–Crippen MR) is 251 cm³/mol. The number of aliphatic hydroxyl groups excluding tert-OH is 3. The number of nitrogens with zero attached hydrogens (tertiary/aromatic N) is 1. The molecule has 1 saturated heterocycles. The van der Waals surface area contributed by atoms with Crippen LogP contribution in [0.3, 0.4) is 0 Å². The van der Waals surface area contributed by atoms with Gasteiger partial charge >= 0.3 is 0 Å². The average molecular weight is 867 g/mol. The normalized spacial score (nSPS) is 22.1. The van der Waals surface area contributed by atoms with Crippen molar-refractivity contribution in [3.05, 3.63) is 0 Å². The zero-order chi connectivity index (χ0) is 45.7. The molecule has 360 valence electrons. The highest BCUT2D eigenvalue weighted by Gasteiger charge is 2.63. The zero-order valence-electron chi connectivity index (χ0n) is 40.3. The number of nitrogens with two attached hydrogens (primary N) is 3. The van der Waals surface area contributed by atoms with Gasteiger partial charge in [0.2, 0.25) is 11.8 Å². The topological polar surface area (TPSA) is 202 Å². The first kappa shape index (κ1) is 57.5. The number of aliphatic hydroxyl groups is 3. The lowest BCUT2D eigenvalue weighted by Gasteiger charge is -2.54. The Hall–Kier alpha value is -1.47. The SMILES string of the molecule is CCCCCCCCCCCCCCCCCC(=O)N(CCCCCCCCCCCCCC)[C@]1(N)O[C@H](CO)[C@@H](O)[C@H](O)[C@H]1C(=O)[C@@](N)(CC(C)C)C(=O)[C@@H](N)CC(C)C. The maximum absolute atomic E-state index is 14.9. The fraction of sp³-hybridized carbons (Fsp3) is 0.940. The van der Waals surface area contributed by atoms with Gasteiger partial charge in [0.15, 0.2) is 11.6 Å². The number of hydrogen-bond donors (Lipinski definition) is 6. The third-order valence-electron chi connectivity index (χ3n) is 12.9. The van der Waals surface area contributed by atoms with Crippen molar-refractivity contribution in [1.82, 2.24) is 4.90 Å². The van der Waals surface area contributed by atoms with Crippen LogP contribution in [-0.4, -0.2) is 86.6 Å². The Labute approximate surface area is 373 Å². The van der Waals surface area contributed by atoms with Gasteiger partial charge < -0.3 is 36.4 Å². The molecule has 0 aromatic carbocycles. The van der Waals surface area contributed by atoms with Crippen LogP contribution < -0.4 is 17.2 Å². The molecule has 0 bridgehead atoms. The predicted octanol–water partition coefficient (Wildman–Crippen LogP) is 9.37. The number of ether oxygens (including phenoxy) is 1. The van der Waals surface area contributed by atoms with Crippen molar-refractivity contribution in [2.24, 2.45) is 35.0 Å². The third kappa shape index (κ3) is 21.4. The van der Waals surface area contributed by atoms with Crippen molar-refractivity contribution in [1.29, 1.82) is 0 Å². The lowest BCUT2D eigenvalue weighted by Crippen LogP contribution is -2.78. The number of Topliss-reactive ketones (excluding diaryl/α,β-unsaturated/α-hetero) is 2. The molecule has 1 aliphatic heterocycles. The molecule has 0 saturated carbocycles. The minimum Gasteiger partial charge on any atom is -0.394 e. The summed E-state index contributed by atoms with van der Waals surface area (Å²) in [6.45, 7) is 11.4. The van der Waals surface area contributed by atoms with E-state index in [2.05, 4.69) is 13.8 Å². The molecule has 1 aliphatic rings. The van der Waals surface area contributed by atoms with Crippen molar-refractivity contribution in [2.45, 2.75) is 270 Å². The Morgan fingerprint density at radius 1 is 0.639 bits per heavy atom. The van der Waals surface area contributed by atoms with Gasteiger partial charge in [-0.1, -0.05) is 202 Å². The van der Waals surface area contributed by atoms with E-state index in [0.717, 1.165) is 44.9 Å². The third-order valence-corrected chi connectivity index (χ3v) is 12.9. The van der Waals surface area contributed by atoms with E-state index in [1.807, 2.05) is 27.7 Å². The van der Waals surface area contributed by atoms with Gasteiger partial charge in [0.05, 0.1) is 18.8 Å². The highest BCUT2D eigenvalue weighted by Crippen LogP contribution is 2.39. The molecule has 0 aromatic heterocycles. The molecule has 1 amide bonds. The lowest BCUT2D eigenvalue weighted by atomic mass is 9.70. The smallest absolute Gasteiger partial charge is 0.225 e. The van der Waals surface area contributed by atoms with Gasteiger partial charge in [0.1, 0.15) is 23.7 Å². The minimum absolute atomic E-state index is 0.0464. The van der Waals surface area contributed by atoms with Gasteiger partial charge in [0, 0.05) is 13.0 Å². The summed E-state index contributed by atoms with van der Waals surface area (Å²) in [7, 11) is 0. The lowest BCUT2D eigenvalue weighted by molar-refractivity contribution is -0.292. The van der Waals surface area contributed by atoms with Crippen molar-refractivity contribution in [3.8, 4) is 0 Å². The number of carbonyl (C=O) groups is 3. The van der Waals surface area contributed by atoms with Crippen molar-refractivity contribution in [2.75, 3.05) is 13.2 Å². The second kappa shape index (κ2) is 33.1. The Balaban J connectivity index is 3.16. The number of amides is 1. The van der Waals surface area contributed by atoms with E-state index < -0.39 is 59.8 Å². The molecule has 0 unspecified atom stereocenters. The molecule has 1 fully saturated rings. The minimum atomic E-state index is -2.29. The quantitative estimate of drug-likeness (QED) is 0.0196. The number of hydrogen-bond acceptors (Lipinski definition) is 10. The Bertz CT molecular complexity index is 1160. The Morgan fingerprint density at radius 2 is 1.03 bits per heavy atom. The summed E-state index contributed by atoms with van der Waals surface area (Å²) in [4.78, 5) is 44.7. The van der Waals surface area contributed by atoms with Crippen LogP contribution in [0.5, 0.6) is 0 Å². The van der Waals surface area contributed by atoms with Crippen molar-refractivity contribution >= 4 is 17.5 Å². The van der Waals surface area contributed by atoms with Crippen LogP contribution in [-0.2, 0) is 19.1 Å². The number of carbonyl (C=O) groups excluding carboxylic acids is 3. The van der Waals surface area contributed by atoms with Crippen molar-refractivity contribution in [3.63, 3.8) is 0 Å². The molecule has 0 aromatic rings. The number of rotatable bonds is 39. The number of ketones is 2. The molecule has 0 radical (unpaired) electrons. The first-order valence-electron chi connectivity index (χ1n) is 25.5. The first-order valence-corrected chi connectivity index (χ1v) is 25.5. The molecule has 1 heterocycles. The first-order chi connectivity index (χ1) is 29.1. The van der Waals surface area contributed by atoms with Crippen LogP contribution in [0.1, 0.15) is 234 Å². The molecule has 7 atom stereocenters. The number of unbranched alkanes of at least 4 members (excludes halogenated alkanes) is 25. The summed E-state index contributed by atoms with van der Waals surface area (Å²) >= 11 is 0. The van der Waals surface area contributed by atoms with Gasteiger partial charge in [-0.25, -0.2) is 0 Å². The van der Waals surface area contributed by atoms with E-state index in [9.17, 15) is 29.7 Å². The van der Waals surface area contributed by atoms with E-state index in [4.69, 9.17) is 21.9 Å². The summed E-state index contributed by atoms with van der Waals surface area (Å²) in [5.74, 6) is -6.20. The summed E-state index contributed by atoms with van der Waals surface area (Å²) in [6.07, 6.45) is 26.8. The second-order valence-corrected chi connectivity index (χ2v) is 19.7. The second-order valence-electron chi connectivity index (χ2n) is 19.7. The van der Waals surface area contributed by atoms with E-state index in [-0.39, 0.29) is 37.1 Å². The highest BCUT2D eigenvalue weighted by molar-refractivity contribution is 6.14.